The molecule has 0 radical (unpaired) electrons. The Morgan fingerprint density at radius 1 is 0.808 bits per heavy atom. The number of rotatable bonds is 4. The molecule has 6 heteroatoms. The van der Waals surface area contributed by atoms with Crippen molar-refractivity contribution in [3.05, 3.63) is 42.0 Å². The lowest BCUT2D eigenvalue weighted by Crippen LogP contribution is -2.46. The highest BCUT2D eigenvalue weighted by molar-refractivity contribution is 5.51. The first kappa shape index (κ1) is 17.2. The maximum atomic E-state index is 4.72. The van der Waals surface area contributed by atoms with Crippen LogP contribution in [0.25, 0.3) is 0 Å². The topological polar surface area (TPSA) is 48.4 Å². The summed E-state index contributed by atoms with van der Waals surface area (Å²) in [6.07, 6.45) is 7.62. The van der Waals surface area contributed by atoms with Gasteiger partial charge in [0.05, 0.1) is 0 Å². The maximum absolute atomic E-state index is 4.72. The van der Waals surface area contributed by atoms with Crippen LogP contribution in [0.5, 0.6) is 0 Å². The smallest absolute Gasteiger partial charge is 0.134 e. The van der Waals surface area contributed by atoms with E-state index in [1.807, 2.05) is 19.3 Å². The minimum absolute atomic E-state index is 0.877. The van der Waals surface area contributed by atoms with Crippen molar-refractivity contribution in [2.75, 3.05) is 49.1 Å². The van der Waals surface area contributed by atoms with Gasteiger partial charge in [-0.25, -0.2) is 9.97 Å². The normalized spacial score (nSPS) is 19.0. The number of hydrogen-bond donors (Lipinski definition) is 0. The fourth-order valence-corrected chi connectivity index (χ4v) is 3.87. The lowest BCUT2D eigenvalue weighted by Gasteiger charge is -2.36. The Morgan fingerprint density at radius 3 is 2.08 bits per heavy atom. The summed E-state index contributed by atoms with van der Waals surface area (Å²) in [7, 11) is 0. The number of aromatic nitrogens is 3. The van der Waals surface area contributed by atoms with Gasteiger partial charge in [-0.15, -0.1) is 0 Å². The van der Waals surface area contributed by atoms with E-state index in [1.165, 1.54) is 24.8 Å². The minimum Gasteiger partial charge on any atom is -0.356 e. The van der Waals surface area contributed by atoms with Crippen molar-refractivity contribution in [3.8, 4) is 0 Å². The quantitative estimate of drug-likeness (QED) is 0.843. The van der Waals surface area contributed by atoms with E-state index in [0.717, 1.165) is 63.3 Å². The molecule has 0 unspecified atom stereocenters. The standard InChI is InChI=1S/C20H28N6/c1-17-22-19(25-9-3-2-4-10-25)15-20(23-17)26-13-11-24(12-14-26)16-18-5-7-21-8-6-18/h5-8,15H,2-4,9-14,16H2,1H3. The molecule has 2 saturated heterocycles. The SMILES string of the molecule is Cc1nc(N2CCCCC2)cc(N2CCN(Cc3ccncc3)CC2)n1. The van der Waals surface area contributed by atoms with E-state index in [0.29, 0.717) is 0 Å². The van der Waals surface area contributed by atoms with E-state index in [2.05, 4.69) is 37.9 Å². The lowest BCUT2D eigenvalue weighted by molar-refractivity contribution is 0.249. The molecule has 0 N–H and O–H groups in total. The van der Waals surface area contributed by atoms with Crippen LogP contribution in [0.4, 0.5) is 11.6 Å². The van der Waals surface area contributed by atoms with Crippen molar-refractivity contribution < 1.29 is 0 Å². The first-order valence-corrected chi connectivity index (χ1v) is 9.75. The van der Waals surface area contributed by atoms with Gasteiger partial charge in [-0.2, -0.15) is 0 Å². The third kappa shape index (κ3) is 4.12. The minimum atomic E-state index is 0.877. The number of pyridine rings is 1. The van der Waals surface area contributed by atoms with Crippen molar-refractivity contribution >= 4 is 11.6 Å². The van der Waals surface area contributed by atoms with Gasteiger partial charge < -0.3 is 9.80 Å². The highest BCUT2D eigenvalue weighted by Crippen LogP contribution is 2.23. The summed E-state index contributed by atoms with van der Waals surface area (Å²) in [4.78, 5) is 20.8. The molecule has 4 heterocycles. The fraction of sp³-hybridized carbons (Fsp3) is 0.550. The second-order valence-electron chi connectivity index (χ2n) is 7.30. The molecule has 0 atom stereocenters. The number of piperazine rings is 1. The van der Waals surface area contributed by atoms with Crippen LogP contribution in [0.15, 0.2) is 30.6 Å². The Hall–Kier alpha value is -2.21. The zero-order chi connectivity index (χ0) is 17.8. The Balaban J connectivity index is 1.40. The third-order valence-corrected chi connectivity index (χ3v) is 5.34. The highest BCUT2D eigenvalue weighted by atomic mass is 15.3. The average Bonchev–Trinajstić information content (AvgIpc) is 2.70. The summed E-state index contributed by atoms with van der Waals surface area (Å²) in [6.45, 7) is 9.40. The van der Waals surface area contributed by atoms with E-state index in [9.17, 15) is 0 Å². The number of hydrogen-bond acceptors (Lipinski definition) is 6. The van der Waals surface area contributed by atoms with Gasteiger partial charge in [0.2, 0.25) is 0 Å². The van der Waals surface area contributed by atoms with Crippen LogP contribution in [0, 0.1) is 6.92 Å². The summed E-state index contributed by atoms with van der Waals surface area (Å²) in [5, 5.41) is 0. The van der Waals surface area contributed by atoms with Crippen LogP contribution in [-0.2, 0) is 6.54 Å². The van der Waals surface area contributed by atoms with Crippen LogP contribution in [0.3, 0.4) is 0 Å². The van der Waals surface area contributed by atoms with Crippen LogP contribution in [0.2, 0.25) is 0 Å². The molecule has 2 aromatic rings. The van der Waals surface area contributed by atoms with Crippen molar-refractivity contribution in [1.82, 2.24) is 19.9 Å². The zero-order valence-electron chi connectivity index (χ0n) is 15.6. The number of nitrogens with zero attached hydrogens (tertiary/aromatic N) is 6. The van der Waals surface area contributed by atoms with E-state index < -0.39 is 0 Å². The molecule has 138 valence electrons. The maximum Gasteiger partial charge on any atom is 0.134 e. The molecule has 0 aromatic carbocycles. The second kappa shape index (κ2) is 7.99. The first-order valence-electron chi connectivity index (χ1n) is 9.75. The number of anilines is 2. The molecule has 26 heavy (non-hydrogen) atoms. The molecule has 2 fully saturated rings. The van der Waals surface area contributed by atoms with Gasteiger partial charge in [-0.3, -0.25) is 9.88 Å². The zero-order valence-corrected chi connectivity index (χ0v) is 15.6. The van der Waals surface area contributed by atoms with Crippen molar-refractivity contribution in [1.29, 1.82) is 0 Å². The van der Waals surface area contributed by atoms with Gasteiger partial charge in [-0.05, 0) is 43.9 Å². The summed E-state index contributed by atoms with van der Waals surface area (Å²) in [6, 6.07) is 6.40. The van der Waals surface area contributed by atoms with Crippen LogP contribution in [0.1, 0.15) is 30.7 Å². The van der Waals surface area contributed by atoms with Crippen molar-refractivity contribution in [3.63, 3.8) is 0 Å². The molecule has 0 bridgehead atoms. The molecule has 4 rings (SSSR count). The molecular weight excluding hydrogens is 324 g/mol. The molecule has 2 aliphatic heterocycles. The Kier molecular flexibility index (Phi) is 5.29. The molecule has 6 nitrogen and oxygen atoms in total. The van der Waals surface area contributed by atoms with Crippen molar-refractivity contribution in [2.24, 2.45) is 0 Å². The summed E-state index contributed by atoms with van der Waals surface area (Å²) in [5.74, 6) is 3.07. The summed E-state index contributed by atoms with van der Waals surface area (Å²) < 4.78 is 0. The summed E-state index contributed by atoms with van der Waals surface area (Å²) >= 11 is 0. The van der Waals surface area contributed by atoms with Gasteiger partial charge in [0.1, 0.15) is 17.5 Å². The highest BCUT2D eigenvalue weighted by Gasteiger charge is 2.20. The molecule has 2 aliphatic rings. The second-order valence-corrected chi connectivity index (χ2v) is 7.30. The van der Waals surface area contributed by atoms with E-state index in [-0.39, 0.29) is 0 Å². The van der Waals surface area contributed by atoms with E-state index in [4.69, 9.17) is 9.97 Å². The van der Waals surface area contributed by atoms with Gasteiger partial charge in [0.25, 0.3) is 0 Å². The summed E-state index contributed by atoms with van der Waals surface area (Å²) in [5.41, 5.74) is 1.33. The fourth-order valence-electron chi connectivity index (χ4n) is 3.87. The van der Waals surface area contributed by atoms with E-state index >= 15 is 0 Å². The Morgan fingerprint density at radius 2 is 1.42 bits per heavy atom. The lowest BCUT2D eigenvalue weighted by atomic mass is 10.1. The first-order chi connectivity index (χ1) is 12.8. The Bertz CT molecular complexity index is 705. The Labute approximate surface area is 155 Å². The predicted octanol–water partition coefficient (Wildman–Crippen LogP) is 2.49. The van der Waals surface area contributed by atoms with Gasteiger partial charge >= 0.3 is 0 Å². The van der Waals surface area contributed by atoms with E-state index in [1.54, 1.807) is 0 Å². The molecule has 2 aromatic heterocycles. The molecule has 0 aliphatic carbocycles. The molecule has 0 amide bonds. The van der Waals surface area contributed by atoms with Crippen LogP contribution < -0.4 is 9.80 Å². The molecule has 0 spiro atoms. The van der Waals surface area contributed by atoms with Gasteiger partial charge in [0.15, 0.2) is 0 Å². The van der Waals surface area contributed by atoms with Gasteiger partial charge in [0, 0.05) is 64.3 Å². The predicted molar refractivity (Wildman–Crippen MR) is 105 cm³/mol. The van der Waals surface area contributed by atoms with Crippen LogP contribution in [-0.4, -0.2) is 59.1 Å². The monoisotopic (exact) mass is 352 g/mol. The third-order valence-electron chi connectivity index (χ3n) is 5.34. The van der Waals surface area contributed by atoms with Crippen molar-refractivity contribution in [2.45, 2.75) is 32.7 Å². The number of aryl methyl sites for hydroxylation is 1. The average molecular weight is 352 g/mol. The van der Waals surface area contributed by atoms with Gasteiger partial charge in [-0.1, -0.05) is 0 Å². The largest absolute Gasteiger partial charge is 0.356 e. The van der Waals surface area contributed by atoms with Crippen LogP contribution >= 0.6 is 0 Å². The molecule has 0 saturated carbocycles. The molecular formula is C20H28N6. The number of piperidine rings is 1.